The number of nitrogens with one attached hydrogen (secondary N) is 1. The van der Waals surface area contributed by atoms with Crippen molar-refractivity contribution < 1.29 is 17.6 Å². The first-order chi connectivity index (χ1) is 14.2. The average Bonchev–Trinajstić information content (AvgIpc) is 2.70. The van der Waals surface area contributed by atoms with Gasteiger partial charge in [-0.2, -0.15) is 0 Å². The van der Waals surface area contributed by atoms with Crippen molar-refractivity contribution >= 4 is 27.3 Å². The predicted octanol–water partition coefficient (Wildman–Crippen LogP) is 4.66. The molecule has 0 atom stereocenters. The molecule has 0 aliphatic carbocycles. The molecule has 0 saturated carbocycles. The first-order valence-electron chi connectivity index (χ1n) is 9.35. The Morgan fingerprint density at radius 3 is 2.27 bits per heavy atom. The van der Waals surface area contributed by atoms with Gasteiger partial charge in [0.1, 0.15) is 5.82 Å². The van der Waals surface area contributed by atoms with E-state index < -0.39 is 15.8 Å². The lowest BCUT2D eigenvalue weighted by Gasteiger charge is -2.23. The molecule has 0 aliphatic heterocycles. The van der Waals surface area contributed by atoms with Crippen LogP contribution in [-0.4, -0.2) is 20.6 Å². The van der Waals surface area contributed by atoms with E-state index in [1.54, 1.807) is 42.5 Å². The maximum Gasteiger partial charge on any atom is 0.255 e. The summed E-state index contributed by atoms with van der Waals surface area (Å²) in [5.74, 6) is -0.772. The van der Waals surface area contributed by atoms with Gasteiger partial charge in [0.15, 0.2) is 0 Å². The number of nitrogens with zero attached hydrogens (tertiary/aromatic N) is 1. The molecule has 1 amide bonds. The van der Waals surface area contributed by atoms with Gasteiger partial charge < -0.3 is 5.32 Å². The summed E-state index contributed by atoms with van der Waals surface area (Å²) in [6.07, 6.45) is 1.06. The SMILES string of the molecule is Cc1cccc(NC(=O)c2ccc(N(Cc3ccccc3F)S(C)(=O)=O)cc2)c1C. The largest absolute Gasteiger partial charge is 0.322 e. The van der Waals surface area contributed by atoms with Gasteiger partial charge in [0.25, 0.3) is 5.91 Å². The molecule has 0 aromatic heterocycles. The summed E-state index contributed by atoms with van der Waals surface area (Å²) in [6.45, 7) is 3.76. The highest BCUT2D eigenvalue weighted by molar-refractivity contribution is 7.92. The number of amides is 1. The Labute approximate surface area is 176 Å². The summed E-state index contributed by atoms with van der Waals surface area (Å²) in [5.41, 5.74) is 3.78. The number of sulfonamides is 1. The van der Waals surface area contributed by atoms with Crippen LogP contribution in [-0.2, 0) is 16.6 Å². The van der Waals surface area contributed by atoms with Gasteiger partial charge in [-0.1, -0.05) is 30.3 Å². The molecule has 7 heteroatoms. The van der Waals surface area contributed by atoms with Gasteiger partial charge in [-0.15, -0.1) is 0 Å². The van der Waals surface area contributed by atoms with Crippen LogP contribution < -0.4 is 9.62 Å². The van der Waals surface area contributed by atoms with Crippen LogP contribution in [0.15, 0.2) is 66.7 Å². The van der Waals surface area contributed by atoms with Crippen LogP contribution in [0.5, 0.6) is 0 Å². The highest BCUT2D eigenvalue weighted by Crippen LogP contribution is 2.23. The molecule has 0 radical (unpaired) electrons. The van der Waals surface area contributed by atoms with Crippen LogP contribution in [0.25, 0.3) is 0 Å². The first kappa shape index (κ1) is 21.5. The summed E-state index contributed by atoms with van der Waals surface area (Å²) in [7, 11) is -3.66. The number of hydrogen-bond acceptors (Lipinski definition) is 3. The molecule has 0 unspecified atom stereocenters. The molecule has 156 valence electrons. The summed E-state index contributed by atoms with van der Waals surface area (Å²) in [5, 5.41) is 2.87. The molecule has 0 spiro atoms. The van der Waals surface area contributed by atoms with Crippen molar-refractivity contribution in [3.8, 4) is 0 Å². The zero-order chi connectivity index (χ0) is 21.9. The molecule has 0 saturated heterocycles. The van der Waals surface area contributed by atoms with Crippen LogP contribution in [0.1, 0.15) is 27.0 Å². The van der Waals surface area contributed by atoms with E-state index in [-0.39, 0.29) is 18.0 Å². The number of halogens is 1. The quantitative estimate of drug-likeness (QED) is 0.623. The van der Waals surface area contributed by atoms with Crippen molar-refractivity contribution in [2.24, 2.45) is 0 Å². The standard InChI is InChI=1S/C23H23FN2O3S/c1-16-7-6-10-22(17(16)2)25-23(27)18-11-13-20(14-12-18)26(30(3,28)29)15-19-8-4-5-9-21(19)24/h4-14H,15H2,1-3H3,(H,25,27). The number of rotatable bonds is 6. The number of carbonyl (C=O) groups excluding carboxylic acids is 1. The third-order valence-corrected chi connectivity index (χ3v) is 6.08. The molecule has 0 fully saturated rings. The zero-order valence-corrected chi connectivity index (χ0v) is 17.8. The van der Waals surface area contributed by atoms with Gasteiger partial charge in [0, 0.05) is 16.8 Å². The van der Waals surface area contributed by atoms with E-state index in [4.69, 9.17) is 0 Å². The lowest BCUT2D eigenvalue weighted by Crippen LogP contribution is -2.29. The van der Waals surface area contributed by atoms with E-state index in [2.05, 4.69) is 5.32 Å². The van der Waals surface area contributed by atoms with Gasteiger partial charge >= 0.3 is 0 Å². The van der Waals surface area contributed by atoms with Crippen LogP contribution in [0.3, 0.4) is 0 Å². The highest BCUT2D eigenvalue weighted by atomic mass is 32.2. The summed E-state index contributed by atoms with van der Waals surface area (Å²) < 4.78 is 39.7. The van der Waals surface area contributed by atoms with E-state index in [0.717, 1.165) is 27.4 Å². The molecule has 3 rings (SSSR count). The minimum Gasteiger partial charge on any atom is -0.322 e. The fourth-order valence-corrected chi connectivity index (χ4v) is 3.92. The van der Waals surface area contributed by atoms with E-state index in [9.17, 15) is 17.6 Å². The minimum absolute atomic E-state index is 0.139. The van der Waals surface area contributed by atoms with E-state index >= 15 is 0 Å². The molecule has 0 bridgehead atoms. The molecular formula is C23H23FN2O3S. The van der Waals surface area contributed by atoms with Gasteiger partial charge in [-0.05, 0) is 61.4 Å². The fraction of sp³-hybridized carbons (Fsp3) is 0.174. The van der Waals surface area contributed by atoms with Crippen molar-refractivity contribution in [2.45, 2.75) is 20.4 Å². The molecule has 30 heavy (non-hydrogen) atoms. The highest BCUT2D eigenvalue weighted by Gasteiger charge is 2.20. The first-order valence-corrected chi connectivity index (χ1v) is 11.2. The summed E-state index contributed by atoms with van der Waals surface area (Å²) in [6, 6.07) is 17.9. The molecule has 1 N–H and O–H groups in total. The molecule has 3 aromatic rings. The monoisotopic (exact) mass is 426 g/mol. The number of hydrogen-bond donors (Lipinski definition) is 1. The Morgan fingerprint density at radius 2 is 1.63 bits per heavy atom. The number of carbonyl (C=O) groups is 1. The second-order valence-electron chi connectivity index (χ2n) is 7.11. The lowest BCUT2D eigenvalue weighted by molar-refractivity contribution is 0.102. The van der Waals surface area contributed by atoms with Gasteiger partial charge in [-0.25, -0.2) is 12.8 Å². The van der Waals surface area contributed by atoms with E-state index in [1.807, 2.05) is 32.0 Å². The van der Waals surface area contributed by atoms with Crippen LogP contribution in [0.2, 0.25) is 0 Å². The Balaban J connectivity index is 1.84. The summed E-state index contributed by atoms with van der Waals surface area (Å²) >= 11 is 0. The Morgan fingerprint density at radius 1 is 0.967 bits per heavy atom. The third-order valence-electron chi connectivity index (χ3n) is 4.94. The van der Waals surface area contributed by atoms with Crippen molar-refractivity contribution in [3.05, 3.63) is 94.8 Å². The molecular weight excluding hydrogens is 403 g/mol. The topological polar surface area (TPSA) is 66.5 Å². The number of anilines is 2. The smallest absolute Gasteiger partial charge is 0.255 e. The Bertz CT molecular complexity index is 1180. The average molecular weight is 427 g/mol. The van der Waals surface area contributed by atoms with Crippen LogP contribution >= 0.6 is 0 Å². The molecule has 0 heterocycles. The Kier molecular flexibility index (Phi) is 6.22. The molecule has 0 aliphatic rings. The van der Waals surface area contributed by atoms with Gasteiger partial charge in [0.05, 0.1) is 18.5 Å². The van der Waals surface area contributed by atoms with Crippen LogP contribution in [0, 0.1) is 19.7 Å². The third kappa shape index (κ3) is 4.86. The fourth-order valence-electron chi connectivity index (χ4n) is 3.04. The van der Waals surface area contributed by atoms with Gasteiger partial charge in [-0.3, -0.25) is 9.10 Å². The normalized spacial score (nSPS) is 11.2. The second-order valence-corrected chi connectivity index (χ2v) is 9.02. The minimum atomic E-state index is -3.66. The van der Waals surface area contributed by atoms with Crippen LogP contribution in [0.4, 0.5) is 15.8 Å². The van der Waals surface area contributed by atoms with Crippen molar-refractivity contribution in [1.82, 2.24) is 0 Å². The number of benzene rings is 3. The predicted molar refractivity (Wildman–Crippen MR) is 118 cm³/mol. The molecule has 5 nitrogen and oxygen atoms in total. The Hall–Kier alpha value is -3.19. The van der Waals surface area contributed by atoms with Crippen molar-refractivity contribution in [3.63, 3.8) is 0 Å². The maximum atomic E-state index is 14.0. The van der Waals surface area contributed by atoms with E-state index in [0.29, 0.717) is 11.3 Å². The zero-order valence-electron chi connectivity index (χ0n) is 17.0. The second kappa shape index (κ2) is 8.67. The molecule has 3 aromatic carbocycles. The lowest BCUT2D eigenvalue weighted by atomic mass is 10.1. The maximum absolute atomic E-state index is 14.0. The van der Waals surface area contributed by atoms with Gasteiger partial charge in [0.2, 0.25) is 10.0 Å². The van der Waals surface area contributed by atoms with Crippen molar-refractivity contribution in [2.75, 3.05) is 15.9 Å². The number of aryl methyl sites for hydroxylation is 1. The van der Waals surface area contributed by atoms with Crippen molar-refractivity contribution in [1.29, 1.82) is 0 Å². The van der Waals surface area contributed by atoms with E-state index in [1.165, 1.54) is 6.07 Å². The summed E-state index contributed by atoms with van der Waals surface area (Å²) in [4.78, 5) is 12.6.